The number of benzene rings is 3. The van der Waals surface area contributed by atoms with Crippen LogP contribution in [0.5, 0.6) is 5.75 Å². The maximum absolute atomic E-state index is 13.1. The van der Waals surface area contributed by atoms with Gasteiger partial charge in [-0.05, 0) is 53.9 Å². The van der Waals surface area contributed by atoms with E-state index in [1.54, 1.807) is 13.3 Å². The van der Waals surface area contributed by atoms with E-state index < -0.39 is 0 Å². The van der Waals surface area contributed by atoms with Gasteiger partial charge in [0.15, 0.2) is 0 Å². The van der Waals surface area contributed by atoms with E-state index in [0.29, 0.717) is 16.8 Å². The third kappa shape index (κ3) is 3.05. The maximum Gasteiger partial charge on any atom is 0.279 e. The van der Waals surface area contributed by atoms with Crippen LogP contribution >= 0.6 is 0 Å². The number of anilines is 1. The molecule has 5 heteroatoms. The van der Waals surface area contributed by atoms with Crippen molar-refractivity contribution in [2.75, 3.05) is 25.1 Å². The normalized spacial score (nSPS) is 13.3. The molecule has 0 saturated carbocycles. The SMILES string of the molecule is COc1ccccc1-n1ncc2cc(-c3cccc(N4CCC4)c3)ccc2c1=O. The van der Waals surface area contributed by atoms with E-state index in [1.165, 1.54) is 16.8 Å². The Morgan fingerprint density at radius 2 is 1.76 bits per heavy atom. The molecule has 0 aliphatic carbocycles. The van der Waals surface area contributed by atoms with Crippen molar-refractivity contribution in [1.82, 2.24) is 9.78 Å². The zero-order valence-electron chi connectivity index (χ0n) is 16.2. The molecule has 0 amide bonds. The number of para-hydroxylation sites is 2. The molecule has 4 aromatic rings. The lowest BCUT2D eigenvalue weighted by Crippen LogP contribution is -2.36. The lowest BCUT2D eigenvalue weighted by Gasteiger charge is -2.33. The van der Waals surface area contributed by atoms with Crippen molar-refractivity contribution >= 4 is 16.5 Å². The van der Waals surface area contributed by atoms with Gasteiger partial charge in [-0.15, -0.1) is 0 Å². The van der Waals surface area contributed by atoms with Crippen molar-refractivity contribution in [3.05, 3.63) is 83.3 Å². The van der Waals surface area contributed by atoms with Gasteiger partial charge in [-0.3, -0.25) is 4.79 Å². The Labute approximate surface area is 168 Å². The second-order valence-corrected chi connectivity index (χ2v) is 7.23. The number of fused-ring (bicyclic) bond motifs is 1. The standard InChI is InChI=1S/C24H21N3O2/c1-29-23-9-3-2-8-22(23)27-24(28)21-11-10-18(14-19(21)16-25-27)17-6-4-7-20(15-17)26-12-5-13-26/h2-4,6-11,14-16H,5,12-13H2,1H3. The molecule has 5 nitrogen and oxygen atoms in total. The van der Waals surface area contributed by atoms with Gasteiger partial charge in [0.1, 0.15) is 11.4 Å². The summed E-state index contributed by atoms with van der Waals surface area (Å²) in [6.07, 6.45) is 3.00. The van der Waals surface area contributed by atoms with E-state index >= 15 is 0 Å². The molecular formula is C24H21N3O2. The first kappa shape index (κ1) is 17.5. The molecule has 0 bridgehead atoms. The average Bonchev–Trinajstić information content (AvgIpc) is 2.73. The van der Waals surface area contributed by atoms with Crippen LogP contribution in [-0.4, -0.2) is 30.0 Å². The molecule has 1 aliphatic heterocycles. The lowest BCUT2D eigenvalue weighted by molar-refractivity contribution is 0.411. The fourth-order valence-corrected chi connectivity index (χ4v) is 3.76. The summed E-state index contributed by atoms with van der Waals surface area (Å²) in [4.78, 5) is 15.4. The Balaban J connectivity index is 1.58. The van der Waals surface area contributed by atoms with Crippen LogP contribution in [0.4, 0.5) is 5.69 Å². The number of rotatable bonds is 4. The van der Waals surface area contributed by atoms with Crippen LogP contribution in [-0.2, 0) is 0 Å². The summed E-state index contributed by atoms with van der Waals surface area (Å²) in [7, 11) is 1.59. The van der Waals surface area contributed by atoms with E-state index in [4.69, 9.17) is 4.74 Å². The summed E-state index contributed by atoms with van der Waals surface area (Å²) in [5, 5.41) is 5.86. The molecule has 1 fully saturated rings. The Morgan fingerprint density at radius 1 is 0.931 bits per heavy atom. The third-order valence-corrected chi connectivity index (χ3v) is 5.50. The number of ether oxygens (including phenoxy) is 1. The minimum atomic E-state index is -0.159. The highest BCUT2D eigenvalue weighted by Gasteiger charge is 2.15. The van der Waals surface area contributed by atoms with Gasteiger partial charge in [-0.25, -0.2) is 0 Å². The highest BCUT2D eigenvalue weighted by atomic mass is 16.5. The lowest BCUT2D eigenvalue weighted by atomic mass is 10.0. The van der Waals surface area contributed by atoms with Crippen LogP contribution in [0.1, 0.15) is 6.42 Å². The zero-order chi connectivity index (χ0) is 19.8. The van der Waals surface area contributed by atoms with Gasteiger partial charge in [-0.2, -0.15) is 9.78 Å². The van der Waals surface area contributed by atoms with Crippen molar-refractivity contribution in [3.8, 4) is 22.6 Å². The van der Waals surface area contributed by atoms with Crippen molar-refractivity contribution in [3.63, 3.8) is 0 Å². The Bertz CT molecular complexity index is 1260. The van der Waals surface area contributed by atoms with E-state index in [9.17, 15) is 4.79 Å². The second-order valence-electron chi connectivity index (χ2n) is 7.23. The molecule has 0 spiro atoms. The smallest absolute Gasteiger partial charge is 0.279 e. The molecule has 29 heavy (non-hydrogen) atoms. The van der Waals surface area contributed by atoms with Crippen LogP contribution < -0.4 is 15.2 Å². The van der Waals surface area contributed by atoms with Gasteiger partial charge < -0.3 is 9.64 Å². The number of hydrogen-bond donors (Lipinski definition) is 0. The molecule has 0 radical (unpaired) electrons. The molecule has 2 heterocycles. The number of aromatic nitrogens is 2. The number of hydrogen-bond acceptors (Lipinski definition) is 4. The topological polar surface area (TPSA) is 47.4 Å². The van der Waals surface area contributed by atoms with E-state index in [1.807, 2.05) is 42.5 Å². The zero-order valence-corrected chi connectivity index (χ0v) is 16.2. The summed E-state index contributed by atoms with van der Waals surface area (Å²) < 4.78 is 6.78. The summed E-state index contributed by atoms with van der Waals surface area (Å²) in [5.74, 6) is 0.612. The second kappa shape index (κ2) is 7.09. The summed E-state index contributed by atoms with van der Waals surface area (Å²) in [6, 6.07) is 21.9. The monoisotopic (exact) mass is 383 g/mol. The summed E-state index contributed by atoms with van der Waals surface area (Å²) in [5.41, 5.74) is 3.95. The highest BCUT2D eigenvalue weighted by molar-refractivity contribution is 5.86. The quantitative estimate of drug-likeness (QED) is 0.528. The van der Waals surface area contributed by atoms with Gasteiger partial charge >= 0.3 is 0 Å². The predicted octanol–water partition coefficient (Wildman–Crippen LogP) is 4.27. The van der Waals surface area contributed by atoms with Crippen molar-refractivity contribution < 1.29 is 4.74 Å². The van der Waals surface area contributed by atoms with Crippen molar-refractivity contribution in [1.29, 1.82) is 0 Å². The van der Waals surface area contributed by atoms with Gasteiger partial charge in [0.2, 0.25) is 0 Å². The van der Waals surface area contributed by atoms with Crippen molar-refractivity contribution in [2.45, 2.75) is 6.42 Å². The Morgan fingerprint density at radius 3 is 2.55 bits per heavy atom. The summed E-state index contributed by atoms with van der Waals surface area (Å²) in [6.45, 7) is 2.24. The molecular weight excluding hydrogens is 362 g/mol. The summed E-state index contributed by atoms with van der Waals surface area (Å²) >= 11 is 0. The first-order valence-corrected chi connectivity index (χ1v) is 9.75. The third-order valence-electron chi connectivity index (χ3n) is 5.50. The van der Waals surface area contributed by atoms with Crippen LogP contribution in [0.25, 0.3) is 27.6 Å². The highest BCUT2D eigenvalue weighted by Crippen LogP contribution is 2.29. The van der Waals surface area contributed by atoms with Crippen LogP contribution in [0.15, 0.2) is 77.7 Å². The van der Waals surface area contributed by atoms with E-state index in [-0.39, 0.29) is 5.56 Å². The van der Waals surface area contributed by atoms with Crippen LogP contribution in [0, 0.1) is 0 Å². The molecule has 144 valence electrons. The molecule has 3 aromatic carbocycles. The number of methoxy groups -OCH3 is 1. The van der Waals surface area contributed by atoms with Gasteiger partial charge in [0.05, 0.1) is 18.7 Å². The Kier molecular flexibility index (Phi) is 4.28. The van der Waals surface area contributed by atoms with Crippen LogP contribution in [0.2, 0.25) is 0 Å². The van der Waals surface area contributed by atoms with Crippen LogP contribution in [0.3, 0.4) is 0 Å². The van der Waals surface area contributed by atoms with Gasteiger partial charge in [0.25, 0.3) is 5.56 Å². The molecule has 1 aromatic heterocycles. The first-order valence-electron chi connectivity index (χ1n) is 9.75. The van der Waals surface area contributed by atoms with E-state index in [2.05, 4.69) is 34.3 Å². The largest absolute Gasteiger partial charge is 0.494 e. The molecule has 1 aliphatic rings. The van der Waals surface area contributed by atoms with Gasteiger partial charge in [0, 0.05) is 24.2 Å². The Hall–Kier alpha value is -3.60. The van der Waals surface area contributed by atoms with Gasteiger partial charge in [-0.1, -0.05) is 30.3 Å². The molecule has 0 atom stereocenters. The van der Waals surface area contributed by atoms with E-state index in [0.717, 1.165) is 29.6 Å². The fraction of sp³-hybridized carbons (Fsp3) is 0.167. The maximum atomic E-state index is 13.1. The van der Waals surface area contributed by atoms with Crippen molar-refractivity contribution in [2.24, 2.45) is 0 Å². The minimum Gasteiger partial charge on any atom is -0.494 e. The fourth-order valence-electron chi connectivity index (χ4n) is 3.76. The minimum absolute atomic E-state index is 0.159. The molecule has 1 saturated heterocycles. The predicted molar refractivity (Wildman–Crippen MR) is 116 cm³/mol. The molecule has 5 rings (SSSR count). The number of nitrogens with zero attached hydrogens (tertiary/aromatic N) is 3. The molecule has 0 unspecified atom stereocenters. The first-order chi connectivity index (χ1) is 14.2. The average molecular weight is 383 g/mol. The molecule has 0 N–H and O–H groups in total.